The summed E-state index contributed by atoms with van der Waals surface area (Å²) in [6, 6.07) is 6.95. The number of aliphatic hydroxyl groups is 1. The number of hydrogen-bond donors (Lipinski definition) is 4. The summed E-state index contributed by atoms with van der Waals surface area (Å²) in [5.41, 5.74) is 1.44. The molecule has 0 amide bonds. The van der Waals surface area contributed by atoms with E-state index in [9.17, 15) is 10.4 Å². The summed E-state index contributed by atoms with van der Waals surface area (Å²) in [6.07, 6.45) is 14.1. The monoisotopic (exact) mass is 575 g/mol. The van der Waals surface area contributed by atoms with Crippen LogP contribution in [0.5, 0.6) is 0 Å². The Balaban J connectivity index is 1.07. The fourth-order valence-corrected chi connectivity index (χ4v) is 9.24. The number of aromatic nitrogens is 3. The van der Waals surface area contributed by atoms with Crippen LogP contribution in [0.25, 0.3) is 0 Å². The lowest BCUT2D eigenvalue weighted by molar-refractivity contribution is -0.0711. The van der Waals surface area contributed by atoms with Gasteiger partial charge in [0, 0.05) is 30.9 Å². The van der Waals surface area contributed by atoms with Crippen molar-refractivity contribution >= 4 is 23.5 Å². The third-order valence-electron chi connectivity index (χ3n) is 10.3. The van der Waals surface area contributed by atoms with Crippen molar-refractivity contribution in [3.05, 3.63) is 35.7 Å². The van der Waals surface area contributed by atoms with E-state index >= 15 is 0 Å². The molecule has 5 aliphatic carbocycles. The van der Waals surface area contributed by atoms with Crippen molar-refractivity contribution in [3.63, 3.8) is 0 Å². The van der Waals surface area contributed by atoms with Crippen molar-refractivity contribution in [1.82, 2.24) is 20.3 Å². The van der Waals surface area contributed by atoms with Gasteiger partial charge in [-0.3, -0.25) is 0 Å². The van der Waals surface area contributed by atoms with E-state index < -0.39 is 5.60 Å². The molecule has 8 nitrogen and oxygen atoms in total. The number of nitriles is 1. The van der Waals surface area contributed by atoms with Gasteiger partial charge in [0.1, 0.15) is 22.5 Å². The second-order valence-corrected chi connectivity index (χ2v) is 14.8. The highest BCUT2D eigenvalue weighted by Crippen LogP contribution is 2.60. The first-order valence-electron chi connectivity index (χ1n) is 15.6. The lowest BCUT2D eigenvalue weighted by Gasteiger charge is -2.60. The Morgan fingerprint density at radius 2 is 1.90 bits per heavy atom. The Morgan fingerprint density at radius 3 is 2.63 bits per heavy atom. The second-order valence-electron chi connectivity index (χ2n) is 13.5. The van der Waals surface area contributed by atoms with Gasteiger partial charge in [0.2, 0.25) is 5.95 Å². The third-order valence-corrected chi connectivity index (χ3v) is 11.3. The molecular weight excluding hydrogens is 530 g/mol. The Labute approximate surface area is 248 Å². The maximum Gasteiger partial charge on any atom is 0.224 e. The number of nitrogens with zero attached hydrogens (tertiary/aromatic N) is 4. The lowest BCUT2D eigenvalue weighted by atomic mass is 9.48. The Hall–Kier alpha value is -2.41. The minimum absolute atomic E-state index is 0.283. The van der Waals surface area contributed by atoms with Gasteiger partial charge in [0.05, 0.1) is 11.8 Å². The topological polar surface area (TPSA) is 119 Å². The summed E-state index contributed by atoms with van der Waals surface area (Å²) in [5, 5.41) is 32.1. The lowest BCUT2D eigenvalue weighted by Crippen LogP contribution is -2.60. The van der Waals surface area contributed by atoms with E-state index in [2.05, 4.69) is 45.0 Å². The average molecular weight is 576 g/mol. The van der Waals surface area contributed by atoms with Crippen LogP contribution in [0.3, 0.4) is 0 Å². The van der Waals surface area contributed by atoms with E-state index in [1.165, 1.54) is 32.1 Å². The maximum atomic E-state index is 10.3. The van der Waals surface area contributed by atoms with E-state index in [4.69, 9.17) is 4.98 Å². The third kappa shape index (κ3) is 6.50. The quantitative estimate of drug-likeness (QED) is 0.254. The molecule has 9 heteroatoms. The van der Waals surface area contributed by atoms with E-state index in [-0.39, 0.29) is 5.41 Å². The van der Waals surface area contributed by atoms with E-state index in [0.717, 1.165) is 72.9 Å². The molecule has 2 aromatic heterocycles. The Bertz CT molecular complexity index is 1240. The van der Waals surface area contributed by atoms with Crippen LogP contribution in [0.15, 0.2) is 29.6 Å². The summed E-state index contributed by atoms with van der Waals surface area (Å²) >= 11 is 1.73. The van der Waals surface area contributed by atoms with Gasteiger partial charge in [0.25, 0.3) is 0 Å². The van der Waals surface area contributed by atoms with E-state index in [1.54, 1.807) is 18.0 Å². The van der Waals surface area contributed by atoms with Gasteiger partial charge < -0.3 is 21.1 Å². The normalized spacial score (nSPS) is 33.9. The number of hydrogen-bond acceptors (Lipinski definition) is 9. The van der Waals surface area contributed by atoms with Crippen molar-refractivity contribution in [3.8, 4) is 6.07 Å². The molecule has 5 atom stereocenters. The first-order valence-corrected chi connectivity index (χ1v) is 16.6. The zero-order valence-electron chi connectivity index (χ0n) is 24.5. The average Bonchev–Trinajstić information content (AvgIpc) is 2.96. The summed E-state index contributed by atoms with van der Waals surface area (Å²) in [5.74, 6) is 5.13. The first-order chi connectivity index (χ1) is 19.9. The molecule has 4 N–H and O–H groups in total. The number of nitrogens with one attached hydrogen (secondary N) is 3. The number of thioether (sulfide) groups is 1. The Morgan fingerprint density at radius 1 is 1.12 bits per heavy atom. The van der Waals surface area contributed by atoms with Crippen LogP contribution < -0.4 is 16.0 Å². The fraction of sp³-hybridized carbons (Fsp3) is 0.688. The van der Waals surface area contributed by atoms with Gasteiger partial charge in [-0.1, -0.05) is 13.0 Å². The minimum atomic E-state index is -0.457. The minimum Gasteiger partial charge on any atom is -0.390 e. The van der Waals surface area contributed by atoms with Crippen molar-refractivity contribution in [2.24, 2.45) is 29.1 Å². The largest absolute Gasteiger partial charge is 0.390 e. The predicted octanol–water partition coefficient (Wildman–Crippen LogP) is 5.60. The number of anilines is 2. The SMILES string of the molecule is CCSc1ncccc1CNc1ncc(C#N)c(NCC23CC4C[C@H](C2)C(NCC2CCC(C)(O)CC2)[C@@H](C4)C3)n1. The van der Waals surface area contributed by atoms with Crippen molar-refractivity contribution in [1.29, 1.82) is 5.26 Å². The van der Waals surface area contributed by atoms with E-state index in [0.29, 0.717) is 35.8 Å². The molecule has 0 spiro atoms. The van der Waals surface area contributed by atoms with Crippen LogP contribution in [0, 0.1) is 40.4 Å². The molecule has 5 aliphatic rings. The Kier molecular flexibility index (Phi) is 8.44. The highest BCUT2D eigenvalue weighted by molar-refractivity contribution is 7.99. The van der Waals surface area contributed by atoms with Gasteiger partial charge >= 0.3 is 0 Å². The molecule has 5 saturated carbocycles. The standard InChI is InChI=1S/C32H45N7OS/c1-3-41-29-23(5-4-10-34-29)18-36-30-37-19-26(16-33)28(39-30)38-20-32-13-22-11-24(14-32)27(25(12-22)15-32)35-17-21-6-8-31(2,40)9-7-21/h4-5,10,19,21-22,24-25,27,35,40H,3,6-9,11-15,17-18,20H2,1-2H3,(H2,36,37,38,39)/t21?,22?,24-,25+,27?,31?,32?. The smallest absolute Gasteiger partial charge is 0.224 e. The van der Waals surface area contributed by atoms with Crippen LogP contribution in [0.1, 0.15) is 82.8 Å². The zero-order valence-corrected chi connectivity index (χ0v) is 25.3. The molecule has 0 aliphatic heterocycles. The molecule has 3 unspecified atom stereocenters. The van der Waals surface area contributed by atoms with Gasteiger partial charge in [-0.05, 0) is 112 Å². The molecule has 4 bridgehead atoms. The first kappa shape index (κ1) is 28.7. The van der Waals surface area contributed by atoms with Gasteiger partial charge in [-0.2, -0.15) is 10.2 Å². The highest BCUT2D eigenvalue weighted by atomic mass is 32.2. The van der Waals surface area contributed by atoms with Crippen molar-refractivity contribution in [2.45, 2.75) is 94.8 Å². The fourth-order valence-electron chi connectivity index (χ4n) is 8.50. The number of pyridine rings is 1. The maximum absolute atomic E-state index is 10.3. The number of rotatable bonds is 11. The summed E-state index contributed by atoms with van der Waals surface area (Å²) in [7, 11) is 0. The van der Waals surface area contributed by atoms with Gasteiger partial charge in [0.15, 0.2) is 0 Å². The van der Waals surface area contributed by atoms with Crippen LogP contribution in [0.2, 0.25) is 0 Å². The second kappa shape index (κ2) is 12.1. The van der Waals surface area contributed by atoms with Crippen LogP contribution in [-0.2, 0) is 6.54 Å². The van der Waals surface area contributed by atoms with Crippen molar-refractivity contribution < 1.29 is 5.11 Å². The molecule has 7 rings (SSSR count). The summed E-state index contributed by atoms with van der Waals surface area (Å²) in [6.45, 7) is 6.68. The van der Waals surface area contributed by atoms with Gasteiger partial charge in [-0.15, -0.1) is 11.8 Å². The summed E-state index contributed by atoms with van der Waals surface area (Å²) < 4.78 is 0. The van der Waals surface area contributed by atoms with Gasteiger partial charge in [-0.25, -0.2) is 9.97 Å². The molecule has 5 fully saturated rings. The van der Waals surface area contributed by atoms with Crippen LogP contribution >= 0.6 is 11.8 Å². The molecule has 41 heavy (non-hydrogen) atoms. The van der Waals surface area contributed by atoms with Crippen LogP contribution in [0.4, 0.5) is 11.8 Å². The molecule has 2 aromatic rings. The zero-order chi connectivity index (χ0) is 28.5. The van der Waals surface area contributed by atoms with Crippen molar-refractivity contribution in [2.75, 3.05) is 29.5 Å². The molecular formula is C32H45N7OS. The molecule has 220 valence electrons. The molecule has 2 heterocycles. The molecule has 0 aromatic carbocycles. The van der Waals surface area contributed by atoms with Crippen LogP contribution in [-0.4, -0.2) is 50.5 Å². The molecule has 0 radical (unpaired) electrons. The van der Waals surface area contributed by atoms with E-state index in [1.807, 2.05) is 19.2 Å². The molecule has 0 saturated heterocycles. The predicted molar refractivity (Wildman–Crippen MR) is 164 cm³/mol. The summed E-state index contributed by atoms with van der Waals surface area (Å²) in [4.78, 5) is 13.7. The highest BCUT2D eigenvalue weighted by Gasteiger charge is 2.55.